The number of nitrogens with one attached hydrogen (secondary N) is 1. The predicted octanol–water partition coefficient (Wildman–Crippen LogP) is 3.29. The first-order chi connectivity index (χ1) is 10.0. The van der Waals surface area contributed by atoms with E-state index < -0.39 is 11.7 Å². The molecule has 0 aliphatic heterocycles. The van der Waals surface area contributed by atoms with Gasteiger partial charge in [-0.2, -0.15) is 0 Å². The molecule has 0 bridgehead atoms. The number of rotatable bonds is 4. The van der Waals surface area contributed by atoms with Crippen molar-refractivity contribution in [3.05, 3.63) is 59.4 Å². The van der Waals surface area contributed by atoms with Gasteiger partial charge in [0.2, 0.25) is 0 Å². The van der Waals surface area contributed by atoms with Gasteiger partial charge >= 0.3 is 0 Å². The molecule has 0 aliphatic rings. The van der Waals surface area contributed by atoms with Crippen molar-refractivity contribution in [1.29, 1.82) is 0 Å². The minimum Gasteiger partial charge on any atom is -0.494 e. The summed E-state index contributed by atoms with van der Waals surface area (Å²) in [5, 5.41) is 2.66. The van der Waals surface area contributed by atoms with Crippen LogP contribution in [0.5, 0.6) is 5.75 Å². The molecule has 0 heterocycles. The Labute approximate surface area is 121 Å². The third-order valence-electron chi connectivity index (χ3n) is 2.94. The standard InChI is InChI=1S/C16H14FNO3/c1-10(19)11-4-3-5-13(8-11)18-16(20)12-6-7-14(17)15(9-12)21-2/h3-9H,1-2H3,(H,18,20). The van der Waals surface area contributed by atoms with Crippen LogP contribution in [0.3, 0.4) is 0 Å². The molecular weight excluding hydrogens is 273 g/mol. The van der Waals surface area contributed by atoms with Crippen LogP contribution in [0.25, 0.3) is 0 Å². The maximum absolute atomic E-state index is 13.3. The molecule has 0 saturated heterocycles. The van der Waals surface area contributed by atoms with E-state index in [0.717, 1.165) is 0 Å². The number of ether oxygens (including phenoxy) is 1. The Morgan fingerprint density at radius 3 is 2.52 bits per heavy atom. The van der Waals surface area contributed by atoms with Crippen LogP contribution in [0.15, 0.2) is 42.5 Å². The summed E-state index contributed by atoms with van der Waals surface area (Å²) in [6.07, 6.45) is 0. The molecule has 0 unspecified atom stereocenters. The van der Waals surface area contributed by atoms with Gasteiger partial charge in [0.25, 0.3) is 5.91 Å². The van der Waals surface area contributed by atoms with Crippen molar-refractivity contribution in [3.8, 4) is 5.75 Å². The highest BCUT2D eigenvalue weighted by Crippen LogP contribution is 2.19. The van der Waals surface area contributed by atoms with Crippen molar-refractivity contribution in [2.24, 2.45) is 0 Å². The molecule has 0 spiro atoms. The Balaban J connectivity index is 2.22. The highest BCUT2D eigenvalue weighted by Gasteiger charge is 2.11. The van der Waals surface area contributed by atoms with Crippen LogP contribution in [0.1, 0.15) is 27.6 Å². The molecule has 0 fully saturated rings. The lowest BCUT2D eigenvalue weighted by Crippen LogP contribution is -2.12. The molecule has 2 rings (SSSR count). The second kappa shape index (κ2) is 6.17. The molecule has 108 valence electrons. The molecule has 0 aliphatic carbocycles. The summed E-state index contributed by atoms with van der Waals surface area (Å²) in [5.41, 5.74) is 1.27. The summed E-state index contributed by atoms with van der Waals surface area (Å²) < 4.78 is 18.1. The van der Waals surface area contributed by atoms with Crippen LogP contribution in [0.2, 0.25) is 0 Å². The molecule has 5 heteroatoms. The second-order valence-corrected chi connectivity index (χ2v) is 4.44. The van der Waals surface area contributed by atoms with Gasteiger partial charge in [0.05, 0.1) is 7.11 Å². The third kappa shape index (κ3) is 3.45. The van der Waals surface area contributed by atoms with E-state index in [1.807, 2.05) is 0 Å². The molecule has 1 N–H and O–H groups in total. The van der Waals surface area contributed by atoms with Gasteiger partial charge in [-0.05, 0) is 37.3 Å². The van der Waals surface area contributed by atoms with Crippen molar-refractivity contribution in [3.63, 3.8) is 0 Å². The van der Waals surface area contributed by atoms with Gasteiger partial charge in [0.1, 0.15) is 0 Å². The zero-order chi connectivity index (χ0) is 15.4. The van der Waals surface area contributed by atoms with Gasteiger partial charge in [-0.3, -0.25) is 9.59 Å². The number of Topliss-reactive ketones (excluding diaryl/α,β-unsaturated/α-hetero) is 1. The zero-order valence-electron chi connectivity index (χ0n) is 11.6. The summed E-state index contributed by atoms with van der Waals surface area (Å²) in [5.74, 6) is -1.03. The average molecular weight is 287 g/mol. The van der Waals surface area contributed by atoms with E-state index >= 15 is 0 Å². The maximum Gasteiger partial charge on any atom is 0.255 e. The number of hydrogen-bond donors (Lipinski definition) is 1. The van der Waals surface area contributed by atoms with Crippen LogP contribution in [0.4, 0.5) is 10.1 Å². The predicted molar refractivity (Wildman–Crippen MR) is 77.4 cm³/mol. The van der Waals surface area contributed by atoms with Gasteiger partial charge in [0.15, 0.2) is 17.3 Å². The molecule has 0 radical (unpaired) electrons. The van der Waals surface area contributed by atoms with Crippen LogP contribution in [-0.4, -0.2) is 18.8 Å². The lowest BCUT2D eigenvalue weighted by molar-refractivity contribution is 0.101. The van der Waals surface area contributed by atoms with Crippen molar-refractivity contribution in [1.82, 2.24) is 0 Å². The minimum absolute atomic E-state index is 0.000127. The first-order valence-corrected chi connectivity index (χ1v) is 6.27. The van der Waals surface area contributed by atoms with Crippen LogP contribution in [-0.2, 0) is 0 Å². The molecule has 0 saturated carbocycles. The topological polar surface area (TPSA) is 55.4 Å². The van der Waals surface area contributed by atoms with Crippen LogP contribution < -0.4 is 10.1 Å². The monoisotopic (exact) mass is 287 g/mol. The summed E-state index contributed by atoms with van der Waals surface area (Å²) in [6.45, 7) is 1.45. The molecule has 21 heavy (non-hydrogen) atoms. The van der Waals surface area contributed by atoms with Gasteiger partial charge in [-0.15, -0.1) is 0 Å². The SMILES string of the molecule is COc1cc(C(=O)Nc2cccc(C(C)=O)c2)ccc1F. The molecule has 0 aromatic heterocycles. The summed E-state index contributed by atoms with van der Waals surface area (Å²) in [7, 11) is 1.33. The molecule has 4 nitrogen and oxygen atoms in total. The third-order valence-corrected chi connectivity index (χ3v) is 2.94. The smallest absolute Gasteiger partial charge is 0.255 e. The largest absolute Gasteiger partial charge is 0.494 e. The van der Waals surface area contributed by atoms with E-state index in [4.69, 9.17) is 4.74 Å². The van der Waals surface area contributed by atoms with Crippen LogP contribution >= 0.6 is 0 Å². The number of ketones is 1. The lowest BCUT2D eigenvalue weighted by Gasteiger charge is -2.08. The fourth-order valence-electron chi connectivity index (χ4n) is 1.82. The molecular formula is C16H14FNO3. The Hall–Kier alpha value is -2.69. The minimum atomic E-state index is -0.535. The van der Waals surface area contributed by atoms with E-state index in [1.165, 1.54) is 32.2 Å². The van der Waals surface area contributed by atoms with Crippen molar-refractivity contribution in [2.45, 2.75) is 6.92 Å². The van der Waals surface area contributed by atoms with Crippen molar-refractivity contribution < 1.29 is 18.7 Å². The number of benzene rings is 2. The van der Waals surface area contributed by atoms with Gasteiger partial charge in [-0.25, -0.2) is 4.39 Å². The van der Waals surface area contributed by atoms with Gasteiger partial charge in [-0.1, -0.05) is 12.1 Å². The van der Waals surface area contributed by atoms with E-state index in [2.05, 4.69) is 5.32 Å². The van der Waals surface area contributed by atoms with E-state index in [1.54, 1.807) is 24.3 Å². The van der Waals surface area contributed by atoms with Crippen molar-refractivity contribution in [2.75, 3.05) is 12.4 Å². The molecule has 2 aromatic rings. The Morgan fingerprint density at radius 1 is 1.10 bits per heavy atom. The number of methoxy groups -OCH3 is 1. The average Bonchev–Trinajstić information content (AvgIpc) is 2.47. The maximum atomic E-state index is 13.3. The normalized spacial score (nSPS) is 10.0. The molecule has 0 atom stereocenters. The molecule has 1 amide bonds. The lowest BCUT2D eigenvalue weighted by atomic mass is 10.1. The number of amides is 1. The number of hydrogen-bond acceptors (Lipinski definition) is 3. The summed E-state index contributed by atoms with van der Waals surface area (Å²) in [6, 6.07) is 10.4. The number of anilines is 1. The highest BCUT2D eigenvalue weighted by molar-refractivity contribution is 6.05. The van der Waals surface area contributed by atoms with Crippen LogP contribution in [0, 0.1) is 5.82 Å². The Morgan fingerprint density at radius 2 is 1.86 bits per heavy atom. The van der Waals surface area contributed by atoms with Crippen molar-refractivity contribution >= 4 is 17.4 Å². The van der Waals surface area contributed by atoms with Gasteiger partial charge in [0, 0.05) is 16.8 Å². The zero-order valence-corrected chi connectivity index (χ0v) is 11.6. The fraction of sp³-hybridized carbons (Fsp3) is 0.125. The van der Waals surface area contributed by atoms with Gasteiger partial charge < -0.3 is 10.1 Å². The second-order valence-electron chi connectivity index (χ2n) is 4.44. The van der Waals surface area contributed by atoms with E-state index in [-0.39, 0.29) is 17.1 Å². The first kappa shape index (κ1) is 14.7. The quantitative estimate of drug-likeness (QED) is 0.878. The van der Waals surface area contributed by atoms with E-state index in [9.17, 15) is 14.0 Å². The Kier molecular flexibility index (Phi) is 4.33. The summed E-state index contributed by atoms with van der Waals surface area (Å²) >= 11 is 0. The molecule has 2 aromatic carbocycles. The number of carbonyl (C=O) groups excluding carboxylic acids is 2. The number of halogens is 1. The fourth-order valence-corrected chi connectivity index (χ4v) is 1.82. The first-order valence-electron chi connectivity index (χ1n) is 6.27. The Bertz CT molecular complexity index is 698. The summed E-state index contributed by atoms with van der Waals surface area (Å²) in [4.78, 5) is 23.4. The van der Waals surface area contributed by atoms with E-state index in [0.29, 0.717) is 11.3 Å². The number of carbonyl (C=O) groups is 2. The highest BCUT2D eigenvalue weighted by atomic mass is 19.1.